The van der Waals surface area contributed by atoms with E-state index < -0.39 is 29.6 Å². The van der Waals surface area contributed by atoms with Crippen molar-refractivity contribution in [1.29, 1.82) is 0 Å². The number of amides is 1. The minimum Gasteiger partial charge on any atom is -0.492 e. The van der Waals surface area contributed by atoms with Crippen LogP contribution in [0, 0.1) is 0 Å². The number of hydrogen-bond donors (Lipinski definition) is 1. The first-order valence-corrected chi connectivity index (χ1v) is 5.80. The smallest absolute Gasteiger partial charge is 0.460 e. The second-order valence-corrected chi connectivity index (χ2v) is 4.03. The van der Waals surface area contributed by atoms with Crippen molar-refractivity contribution in [3.63, 3.8) is 0 Å². The van der Waals surface area contributed by atoms with Gasteiger partial charge in [0.15, 0.2) is 0 Å². The van der Waals surface area contributed by atoms with Crippen molar-refractivity contribution in [3.8, 4) is 5.75 Å². The maximum atomic E-state index is 13.2. The highest BCUT2D eigenvalue weighted by Crippen LogP contribution is 2.47. The third-order valence-corrected chi connectivity index (χ3v) is 2.47. The molecule has 0 atom stereocenters. The number of carbonyl (C=O) groups is 1. The third kappa shape index (κ3) is 3.25. The van der Waals surface area contributed by atoms with Crippen molar-refractivity contribution in [3.05, 3.63) is 24.3 Å². The van der Waals surface area contributed by atoms with E-state index in [0.717, 1.165) is 6.07 Å². The summed E-state index contributed by atoms with van der Waals surface area (Å²) in [6, 6.07) is 4.88. The van der Waals surface area contributed by atoms with Crippen LogP contribution in [-0.2, 0) is 4.79 Å². The number of carbonyl (C=O) groups excluding carboxylic acids is 1. The summed E-state index contributed by atoms with van der Waals surface area (Å²) in [4.78, 5) is 11.2. The van der Waals surface area contributed by atoms with E-state index in [4.69, 9.17) is 4.74 Å². The van der Waals surface area contributed by atoms with E-state index >= 15 is 0 Å². The van der Waals surface area contributed by atoms with Gasteiger partial charge in [-0.3, -0.25) is 4.79 Å². The van der Waals surface area contributed by atoms with Crippen molar-refractivity contribution in [2.45, 2.75) is 24.9 Å². The zero-order valence-corrected chi connectivity index (χ0v) is 11.0. The molecule has 0 bridgehead atoms. The Hall–Kier alpha value is -2.00. The van der Waals surface area contributed by atoms with Crippen molar-refractivity contribution in [1.82, 2.24) is 0 Å². The van der Waals surface area contributed by atoms with Gasteiger partial charge in [0.1, 0.15) is 5.75 Å². The Bertz CT molecular complexity index is 543. The molecule has 10 heteroatoms. The first-order chi connectivity index (χ1) is 9.95. The lowest BCUT2D eigenvalue weighted by atomic mass is 10.1. The highest BCUT2D eigenvalue weighted by Gasteiger charge is 2.76. The largest absolute Gasteiger partial charge is 0.492 e. The SMILES string of the molecule is CCOc1ccccc1NC(=O)C(F)(F)C(F)(F)C(F)(F)F. The van der Waals surface area contributed by atoms with E-state index in [1.165, 1.54) is 30.4 Å². The molecule has 0 radical (unpaired) electrons. The van der Waals surface area contributed by atoms with Gasteiger partial charge in [-0.15, -0.1) is 0 Å². The zero-order valence-electron chi connectivity index (χ0n) is 11.0. The summed E-state index contributed by atoms with van der Waals surface area (Å²) >= 11 is 0. The Morgan fingerprint density at radius 1 is 1.09 bits per heavy atom. The van der Waals surface area contributed by atoms with E-state index in [1.807, 2.05) is 0 Å². The van der Waals surface area contributed by atoms with Crippen LogP contribution in [0.25, 0.3) is 0 Å². The molecule has 0 spiro atoms. The fourth-order valence-electron chi connectivity index (χ4n) is 1.37. The van der Waals surface area contributed by atoms with Crippen molar-refractivity contribution < 1.29 is 40.3 Å². The molecule has 1 N–H and O–H groups in total. The molecule has 3 nitrogen and oxygen atoms in total. The number of hydrogen-bond acceptors (Lipinski definition) is 2. The summed E-state index contributed by atoms with van der Waals surface area (Å²) in [5.74, 6) is -15.4. The molecule has 0 fully saturated rings. The molecular formula is C12H10F7NO2. The van der Waals surface area contributed by atoms with Gasteiger partial charge >= 0.3 is 23.9 Å². The zero-order chi connectivity index (χ0) is 17.2. The molecule has 1 aromatic rings. The second-order valence-electron chi connectivity index (χ2n) is 4.03. The summed E-state index contributed by atoms with van der Waals surface area (Å²) in [5.41, 5.74) is -0.452. The van der Waals surface area contributed by atoms with Crippen molar-refractivity contribution in [2.75, 3.05) is 11.9 Å². The fourth-order valence-corrected chi connectivity index (χ4v) is 1.37. The lowest BCUT2D eigenvalue weighted by molar-refractivity contribution is -0.343. The fraction of sp³-hybridized carbons (Fsp3) is 0.417. The van der Waals surface area contributed by atoms with E-state index in [0.29, 0.717) is 0 Å². The number of rotatable bonds is 5. The number of halogens is 7. The number of para-hydroxylation sites is 2. The number of nitrogens with one attached hydrogen (secondary N) is 1. The Labute approximate surface area is 120 Å². The first-order valence-electron chi connectivity index (χ1n) is 5.80. The maximum absolute atomic E-state index is 13.2. The van der Waals surface area contributed by atoms with Gasteiger partial charge in [0.2, 0.25) is 0 Å². The highest BCUT2D eigenvalue weighted by molar-refractivity contribution is 5.98. The minimum absolute atomic E-state index is 0.0575. The van der Waals surface area contributed by atoms with Crippen LogP contribution in [-0.4, -0.2) is 30.5 Å². The van der Waals surface area contributed by atoms with Crippen LogP contribution in [0.3, 0.4) is 0 Å². The van der Waals surface area contributed by atoms with Crippen molar-refractivity contribution in [2.24, 2.45) is 0 Å². The second kappa shape index (κ2) is 6.01. The monoisotopic (exact) mass is 333 g/mol. The van der Waals surface area contributed by atoms with Gasteiger partial charge in [-0.25, -0.2) is 0 Å². The van der Waals surface area contributed by atoms with Gasteiger partial charge in [-0.2, -0.15) is 30.7 Å². The molecule has 0 unspecified atom stereocenters. The number of anilines is 1. The quantitative estimate of drug-likeness (QED) is 0.831. The lowest BCUT2D eigenvalue weighted by Crippen LogP contribution is -2.57. The highest BCUT2D eigenvalue weighted by atomic mass is 19.4. The van der Waals surface area contributed by atoms with Gasteiger partial charge in [0, 0.05) is 0 Å². The number of benzene rings is 1. The Morgan fingerprint density at radius 2 is 1.64 bits per heavy atom. The third-order valence-electron chi connectivity index (χ3n) is 2.47. The van der Waals surface area contributed by atoms with Gasteiger partial charge in [-0.05, 0) is 19.1 Å². The van der Waals surface area contributed by atoms with Crippen LogP contribution in [0.1, 0.15) is 6.92 Å². The van der Waals surface area contributed by atoms with Gasteiger partial charge in [0.05, 0.1) is 12.3 Å². The van der Waals surface area contributed by atoms with E-state index in [-0.39, 0.29) is 12.4 Å². The maximum Gasteiger partial charge on any atom is 0.460 e. The first kappa shape index (κ1) is 18.1. The predicted octanol–water partition coefficient (Wildman–Crippen LogP) is 3.86. The summed E-state index contributed by atoms with van der Waals surface area (Å²) in [6.07, 6.45) is -6.58. The Balaban J connectivity index is 3.07. The molecule has 0 aliphatic carbocycles. The molecule has 1 rings (SSSR count). The van der Waals surface area contributed by atoms with Gasteiger partial charge in [0.25, 0.3) is 0 Å². The average molecular weight is 333 g/mol. The van der Waals surface area contributed by atoms with E-state index in [9.17, 15) is 35.5 Å². The summed E-state index contributed by atoms with van der Waals surface area (Å²) < 4.78 is 92.7. The molecule has 1 amide bonds. The number of ether oxygens (including phenoxy) is 1. The molecule has 22 heavy (non-hydrogen) atoms. The van der Waals surface area contributed by atoms with E-state index in [2.05, 4.69) is 0 Å². The average Bonchev–Trinajstić information content (AvgIpc) is 2.39. The molecule has 0 aliphatic heterocycles. The summed E-state index contributed by atoms with van der Waals surface area (Å²) in [6.45, 7) is 1.58. The molecular weight excluding hydrogens is 323 g/mol. The van der Waals surface area contributed by atoms with Crippen LogP contribution in [0.2, 0.25) is 0 Å². The Morgan fingerprint density at radius 3 is 2.14 bits per heavy atom. The molecule has 0 saturated carbocycles. The van der Waals surface area contributed by atoms with Crippen LogP contribution < -0.4 is 10.1 Å². The summed E-state index contributed by atoms with van der Waals surface area (Å²) in [7, 11) is 0. The number of alkyl halides is 7. The summed E-state index contributed by atoms with van der Waals surface area (Å²) in [5, 5.41) is 1.32. The molecule has 0 saturated heterocycles. The van der Waals surface area contributed by atoms with Gasteiger partial charge in [-0.1, -0.05) is 12.1 Å². The molecule has 0 aliphatic rings. The standard InChI is InChI=1S/C12H10F7NO2/c1-2-22-8-6-4-3-5-7(8)20-9(21)10(13,14)11(15,16)12(17,18)19/h3-6H,2H2,1H3,(H,20,21). The van der Waals surface area contributed by atoms with Crippen LogP contribution >= 0.6 is 0 Å². The Kier molecular flexibility index (Phi) is 4.93. The van der Waals surface area contributed by atoms with Crippen molar-refractivity contribution >= 4 is 11.6 Å². The topological polar surface area (TPSA) is 38.3 Å². The molecule has 0 aromatic heterocycles. The van der Waals surface area contributed by atoms with Crippen LogP contribution in [0.15, 0.2) is 24.3 Å². The molecule has 1 aromatic carbocycles. The molecule has 124 valence electrons. The van der Waals surface area contributed by atoms with Gasteiger partial charge < -0.3 is 10.1 Å². The predicted molar refractivity (Wildman–Crippen MR) is 62.2 cm³/mol. The lowest BCUT2D eigenvalue weighted by Gasteiger charge is -2.27. The molecule has 0 heterocycles. The van der Waals surface area contributed by atoms with E-state index in [1.54, 1.807) is 0 Å². The van der Waals surface area contributed by atoms with Crippen LogP contribution in [0.5, 0.6) is 5.75 Å². The minimum atomic E-state index is -6.58. The van der Waals surface area contributed by atoms with Crippen LogP contribution in [0.4, 0.5) is 36.4 Å². The normalized spacial score (nSPS) is 12.9.